The fourth-order valence-electron chi connectivity index (χ4n) is 1.84. The van der Waals surface area contributed by atoms with E-state index in [0.717, 1.165) is 0 Å². The van der Waals surface area contributed by atoms with Crippen molar-refractivity contribution in [2.75, 3.05) is 5.32 Å². The Kier molecular flexibility index (Phi) is 2.94. The van der Waals surface area contributed by atoms with Crippen LogP contribution in [0.15, 0.2) is 41.0 Å². The molecule has 0 radical (unpaired) electrons. The van der Waals surface area contributed by atoms with Gasteiger partial charge in [0.25, 0.3) is 0 Å². The molecule has 3 rings (SSSR count). The second-order valence-electron chi connectivity index (χ2n) is 4.02. The minimum absolute atomic E-state index is 0.272. The van der Waals surface area contributed by atoms with Crippen LogP contribution in [-0.4, -0.2) is 10.2 Å². The summed E-state index contributed by atoms with van der Waals surface area (Å²) in [6, 6.07) is 7.70. The van der Waals surface area contributed by atoms with E-state index in [2.05, 4.69) is 31.4 Å². The van der Waals surface area contributed by atoms with Crippen LogP contribution in [0.3, 0.4) is 0 Å². The lowest BCUT2D eigenvalue weighted by molar-refractivity contribution is 0.628. The minimum atomic E-state index is -0.436. The van der Waals surface area contributed by atoms with E-state index in [-0.39, 0.29) is 10.3 Å². The molecule has 1 aromatic heterocycles. The molecule has 6 heteroatoms. The van der Waals surface area contributed by atoms with Gasteiger partial charge in [-0.25, -0.2) is 8.78 Å². The van der Waals surface area contributed by atoms with Gasteiger partial charge in [0, 0.05) is 11.1 Å². The molecular formula is C13H8BrF2N3. The normalized spacial score (nSPS) is 10.9. The van der Waals surface area contributed by atoms with E-state index in [9.17, 15) is 8.78 Å². The van der Waals surface area contributed by atoms with Crippen LogP contribution >= 0.6 is 15.9 Å². The Morgan fingerprint density at radius 3 is 2.84 bits per heavy atom. The Bertz CT molecular complexity index is 755. The van der Waals surface area contributed by atoms with Crippen molar-refractivity contribution in [3.8, 4) is 0 Å². The Labute approximate surface area is 115 Å². The van der Waals surface area contributed by atoms with Crippen LogP contribution in [0.4, 0.5) is 20.2 Å². The van der Waals surface area contributed by atoms with Crippen molar-refractivity contribution >= 4 is 38.2 Å². The Morgan fingerprint density at radius 2 is 2.05 bits per heavy atom. The standard InChI is InChI=1S/C13H8BrF2N3/c14-11-10(18-9-3-1-2-8(15)5-9)4-7-6-17-19-13(7)12(11)16/h1-6,18H,(H,17,19). The summed E-state index contributed by atoms with van der Waals surface area (Å²) in [7, 11) is 0. The first-order valence-corrected chi connectivity index (χ1v) is 6.28. The molecule has 0 aliphatic rings. The second kappa shape index (κ2) is 4.62. The Hall–Kier alpha value is -1.95. The molecule has 0 spiro atoms. The number of aromatic amines is 1. The topological polar surface area (TPSA) is 40.7 Å². The number of aromatic nitrogens is 2. The van der Waals surface area contributed by atoms with Crippen LogP contribution in [0.5, 0.6) is 0 Å². The molecule has 0 unspecified atom stereocenters. The monoisotopic (exact) mass is 323 g/mol. The number of nitrogens with one attached hydrogen (secondary N) is 2. The number of benzene rings is 2. The third-order valence-electron chi connectivity index (χ3n) is 2.72. The van der Waals surface area contributed by atoms with Crippen LogP contribution in [0.2, 0.25) is 0 Å². The molecule has 3 nitrogen and oxygen atoms in total. The number of H-pyrrole nitrogens is 1. The molecule has 0 atom stereocenters. The predicted molar refractivity (Wildman–Crippen MR) is 73.4 cm³/mol. The first-order chi connectivity index (χ1) is 9.15. The summed E-state index contributed by atoms with van der Waals surface area (Å²) in [6.45, 7) is 0. The molecule has 0 amide bonds. The van der Waals surface area contributed by atoms with Crippen molar-refractivity contribution in [3.63, 3.8) is 0 Å². The molecule has 0 aliphatic carbocycles. The first-order valence-electron chi connectivity index (χ1n) is 5.49. The zero-order valence-electron chi connectivity index (χ0n) is 9.55. The summed E-state index contributed by atoms with van der Waals surface area (Å²) in [5, 5.41) is 9.98. The van der Waals surface area contributed by atoms with Crippen molar-refractivity contribution < 1.29 is 8.78 Å². The van der Waals surface area contributed by atoms with E-state index in [1.807, 2.05) is 0 Å². The molecule has 3 aromatic rings. The number of halogens is 3. The lowest BCUT2D eigenvalue weighted by Crippen LogP contribution is -1.94. The van der Waals surface area contributed by atoms with Crippen molar-refractivity contribution in [2.24, 2.45) is 0 Å². The van der Waals surface area contributed by atoms with Gasteiger partial charge in [0.1, 0.15) is 11.3 Å². The number of hydrogen-bond donors (Lipinski definition) is 2. The molecule has 0 bridgehead atoms. The molecule has 0 saturated carbocycles. The highest BCUT2D eigenvalue weighted by Gasteiger charge is 2.13. The number of rotatable bonds is 2. The van der Waals surface area contributed by atoms with Crippen molar-refractivity contribution in [3.05, 3.63) is 52.6 Å². The molecule has 2 N–H and O–H groups in total. The van der Waals surface area contributed by atoms with Gasteiger partial charge in [-0.15, -0.1) is 0 Å². The number of anilines is 2. The maximum atomic E-state index is 14.0. The lowest BCUT2D eigenvalue weighted by atomic mass is 10.2. The first kappa shape index (κ1) is 12.1. The van der Waals surface area contributed by atoms with Crippen molar-refractivity contribution in [2.45, 2.75) is 0 Å². The molecule has 1 heterocycles. The van der Waals surface area contributed by atoms with Gasteiger partial charge in [-0.1, -0.05) is 6.07 Å². The van der Waals surface area contributed by atoms with Gasteiger partial charge in [-0.05, 0) is 40.2 Å². The van der Waals surface area contributed by atoms with E-state index >= 15 is 0 Å². The van der Waals surface area contributed by atoms with Gasteiger partial charge in [-0.3, -0.25) is 5.10 Å². The molecule has 0 aliphatic heterocycles. The van der Waals surface area contributed by atoms with E-state index < -0.39 is 5.82 Å². The molecule has 96 valence electrons. The minimum Gasteiger partial charge on any atom is -0.354 e. The number of hydrogen-bond acceptors (Lipinski definition) is 2. The van der Waals surface area contributed by atoms with Crippen LogP contribution in [-0.2, 0) is 0 Å². The van der Waals surface area contributed by atoms with Gasteiger partial charge in [0.05, 0.1) is 16.4 Å². The fraction of sp³-hybridized carbons (Fsp3) is 0. The molecule has 2 aromatic carbocycles. The molecule has 0 saturated heterocycles. The van der Waals surface area contributed by atoms with E-state index in [4.69, 9.17) is 0 Å². The summed E-state index contributed by atoms with van der Waals surface area (Å²) < 4.78 is 27.4. The van der Waals surface area contributed by atoms with E-state index in [0.29, 0.717) is 22.3 Å². The third-order valence-corrected chi connectivity index (χ3v) is 3.50. The number of nitrogens with zero attached hydrogens (tertiary/aromatic N) is 1. The average Bonchev–Trinajstić information content (AvgIpc) is 2.84. The maximum absolute atomic E-state index is 14.0. The van der Waals surface area contributed by atoms with E-state index in [1.54, 1.807) is 18.2 Å². The summed E-state index contributed by atoms with van der Waals surface area (Å²) >= 11 is 3.18. The van der Waals surface area contributed by atoms with Gasteiger partial charge >= 0.3 is 0 Å². The van der Waals surface area contributed by atoms with Crippen LogP contribution in [0.1, 0.15) is 0 Å². The quantitative estimate of drug-likeness (QED) is 0.736. The molecule has 0 fully saturated rings. The summed E-state index contributed by atoms with van der Waals surface area (Å²) in [4.78, 5) is 0. The van der Waals surface area contributed by atoms with Crippen LogP contribution in [0.25, 0.3) is 10.9 Å². The Balaban J connectivity index is 2.07. The molecular weight excluding hydrogens is 316 g/mol. The van der Waals surface area contributed by atoms with Gasteiger partial charge in [0.2, 0.25) is 0 Å². The summed E-state index contributed by atoms with van der Waals surface area (Å²) in [5.74, 6) is -0.792. The Morgan fingerprint density at radius 1 is 1.21 bits per heavy atom. The summed E-state index contributed by atoms with van der Waals surface area (Å²) in [6.07, 6.45) is 1.53. The molecule has 19 heavy (non-hydrogen) atoms. The second-order valence-corrected chi connectivity index (χ2v) is 4.81. The largest absolute Gasteiger partial charge is 0.354 e. The maximum Gasteiger partial charge on any atom is 0.165 e. The zero-order chi connectivity index (χ0) is 13.4. The van der Waals surface area contributed by atoms with Crippen LogP contribution in [0, 0.1) is 11.6 Å². The summed E-state index contributed by atoms with van der Waals surface area (Å²) in [5.41, 5.74) is 1.39. The third kappa shape index (κ3) is 2.19. The number of fused-ring (bicyclic) bond motifs is 1. The zero-order valence-corrected chi connectivity index (χ0v) is 11.1. The average molecular weight is 324 g/mol. The van der Waals surface area contributed by atoms with Crippen molar-refractivity contribution in [1.29, 1.82) is 0 Å². The fourth-order valence-corrected chi connectivity index (χ4v) is 2.25. The highest BCUT2D eigenvalue weighted by Crippen LogP contribution is 2.33. The van der Waals surface area contributed by atoms with E-state index in [1.165, 1.54) is 18.3 Å². The highest BCUT2D eigenvalue weighted by molar-refractivity contribution is 9.10. The SMILES string of the molecule is Fc1cccc(Nc2cc3cn[nH]c3c(F)c2Br)c1. The van der Waals surface area contributed by atoms with Gasteiger partial charge < -0.3 is 5.32 Å². The highest BCUT2D eigenvalue weighted by atomic mass is 79.9. The van der Waals surface area contributed by atoms with Crippen molar-refractivity contribution in [1.82, 2.24) is 10.2 Å². The lowest BCUT2D eigenvalue weighted by Gasteiger charge is -2.10. The smallest absolute Gasteiger partial charge is 0.165 e. The van der Waals surface area contributed by atoms with Gasteiger partial charge in [-0.2, -0.15) is 5.10 Å². The van der Waals surface area contributed by atoms with Crippen LogP contribution < -0.4 is 5.32 Å². The predicted octanol–water partition coefficient (Wildman–Crippen LogP) is 4.35. The van der Waals surface area contributed by atoms with Gasteiger partial charge in [0.15, 0.2) is 5.82 Å².